The van der Waals surface area contributed by atoms with Crippen molar-refractivity contribution in [1.29, 1.82) is 0 Å². The second kappa shape index (κ2) is 4.62. The highest BCUT2D eigenvalue weighted by Crippen LogP contribution is 2.11. The minimum atomic E-state index is -0.252. The lowest BCUT2D eigenvalue weighted by Gasteiger charge is -1.99. The average molecular weight is 236 g/mol. The van der Waals surface area contributed by atoms with E-state index < -0.39 is 0 Å². The van der Waals surface area contributed by atoms with E-state index in [0.29, 0.717) is 10.8 Å². The van der Waals surface area contributed by atoms with Gasteiger partial charge in [0.2, 0.25) is 11.9 Å². The molecular formula is C8H8N6OS. The van der Waals surface area contributed by atoms with E-state index in [2.05, 4.69) is 25.5 Å². The number of nitrogens with zero attached hydrogens (tertiary/aromatic N) is 4. The number of amides is 1. The summed E-state index contributed by atoms with van der Waals surface area (Å²) in [6.45, 7) is 0. The lowest BCUT2D eigenvalue weighted by atomic mass is 10.3. The number of rotatable bonds is 3. The van der Waals surface area contributed by atoms with E-state index >= 15 is 0 Å². The predicted molar refractivity (Wildman–Crippen MR) is 58.7 cm³/mol. The van der Waals surface area contributed by atoms with Gasteiger partial charge in [-0.05, 0) is 0 Å². The van der Waals surface area contributed by atoms with Crippen molar-refractivity contribution in [1.82, 2.24) is 20.2 Å². The number of anilines is 2. The Balaban J connectivity index is 1.95. The summed E-state index contributed by atoms with van der Waals surface area (Å²) in [6, 6.07) is 0. The van der Waals surface area contributed by atoms with Gasteiger partial charge in [0.25, 0.3) is 0 Å². The minimum Gasteiger partial charge on any atom is -0.375 e. The van der Waals surface area contributed by atoms with Crippen LogP contribution in [0.5, 0.6) is 0 Å². The van der Waals surface area contributed by atoms with E-state index in [1.54, 1.807) is 5.38 Å². The first-order valence-electron chi connectivity index (χ1n) is 4.37. The number of nitrogens with one attached hydrogen (secondary N) is 1. The maximum absolute atomic E-state index is 11.5. The molecule has 0 saturated carbocycles. The molecule has 2 rings (SSSR count). The number of hydrogen-bond donors (Lipinski definition) is 2. The van der Waals surface area contributed by atoms with Crippen molar-refractivity contribution in [3.8, 4) is 0 Å². The van der Waals surface area contributed by atoms with E-state index in [4.69, 9.17) is 5.73 Å². The monoisotopic (exact) mass is 236 g/mol. The predicted octanol–water partition coefficient (Wildman–Crippen LogP) is 0.0915. The van der Waals surface area contributed by atoms with Crippen molar-refractivity contribution in [2.24, 2.45) is 0 Å². The summed E-state index contributed by atoms with van der Waals surface area (Å²) in [4.78, 5) is 19.3. The zero-order valence-corrected chi connectivity index (χ0v) is 8.94. The topological polar surface area (TPSA) is 107 Å². The second-order valence-electron chi connectivity index (χ2n) is 2.87. The van der Waals surface area contributed by atoms with Gasteiger partial charge in [0, 0.05) is 5.38 Å². The summed E-state index contributed by atoms with van der Waals surface area (Å²) < 4.78 is 0. The lowest BCUT2D eigenvalue weighted by Crippen LogP contribution is -2.16. The van der Waals surface area contributed by atoms with E-state index in [9.17, 15) is 4.79 Å². The van der Waals surface area contributed by atoms with Gasteiger partial charge in [0.1, 0.15) is 0 Å². The fourth-order valence-corrected chi connectivity index (χ4v) is 1.60. The van der Waals surface area contributed by atoms with Gasteiger partial charge in [0.05, 0.1) is 24.5 Å². The zero-order valence-electron chi connectivity index (χ0n) is 8.12. The van der Waals surface area contributed by atoms with Crippen molar-refractivity contribution in [3.63, 3.8) is 0 Å². The Kier molecular flexibility index (Phi) is 3.01. The highest BCUT2D eigenvalue weighted by molar-refractivity contribution is 7.13. The zero-order chi connectivity index (χ0) is 11.4. The van der Waals surface area contributed by atoms with E-state index in [1.165, 1.54) is 23.7 Å². The van der Waals surface area contributed by atoms with Crippen molar-refractivity contribution >= 4 is 28.3 Å². The largest absolute Gasteiger partial charge is 0.375 e. The van der Waals surface area contributed by atoms with Crippen molar-refractivity contribution < 1.29 is 4.79 Å². The van der Waals surface area contributed by atoms with Crippen molar-refractivity contribution in [3.05, 3.63) is 23.5 Å². The third kappa shape index (κ3) is 2.70. The van der Waals surface area contributed by atoms with Crippen LogP contribution in [-0.2, 0) is 11.2 Å². The van der Waals surface area contributed by atoms with Gasteiger partial charge in [-0.1, -0.05) is 0 Å². The number of nitrogens with two attached hydrogens (primary N) is 1. The van der Waals surface area contributed by atoms with Gasteiger partial charge < -0.3 is 5.73 Å². The van der Waals surface area contributed by atoms with Gasteiger partial charge in [-0.2, -0.15) is 5.10 Å². The Hall–Kier alpha value is -2.09. The first kappa shape index (κ1) is 10.4. The Morgan fingerprint density at radius 1 is 1.50 bits per heavy atom. The van der Waals surface area contributed by atoms with Gasteiger partial charge in [-0.3, -0.25) is 10.1 Å². The third-order valence-electron chi connectivity index (χ3n) is 1.65. The van der Waals surface area contributed by atoms with Crippen LogP contribution in [0.15, 0.2) is 17.8 Å². The van der Waals surface area contributed by atoms with Crippen LogP contribution in [0, 0.1) is 0 Å². The molecule has 2 heterocycles. The maximum Gasteiger partial charge on any atom is 0.249 e. The molecule has 0 aliphatic carbocycles. The molecule has 0 fully saturated rings. The fourth-order valence-electron chi connectivity index (χ4n) is 1.04. The van der Waals surface area contributed by atoms with E-state index in [1.807, 2.05) is 0 Å². The molecule has 0 saturated heterocycles. The number of thiazole rings is 1. The number of carbonyl (C=O) groups is 1. The molecule has 3 N–H and O–H groups in total. The summed E-state index contributed by atoms with van der Waals surface area (Å²) in [5.74, 6) is -0.0750. The Morgan fingerprint density at radius 3 is 3.00 bits per heavy atom. The fraction of sp³-hybridized carbons (Fsp3) is 0.125. The molecule has 0 aromatic carbocycles. The summed E-state index contributed by atoms with van der Waals surface area (Å²) >= 11 is 1.30. The van der Waals surface area contributed by atoms with Gasteiger partial charge in [0.15, 0.2) is 5.13 Å². The molecule has 0 unspecified atom stereocenters. The minimum absolute atomic E-state index is 0.145. The molecule has 7 nitrogen and oxygen atoms in total. The summed E-state index contributed by atoms with van der Waals surface area (Å²) in [7, 11) is 0. The molecule has 16 heavy (non-hydrogen) atoms. The maximum atomic E-state index is 11.5. The van der Waals surface area contributed by atoms with Gasteiger partial charge in [-0.15, -0.1) is 16.4 Å². The van der Waals surface area contributed by atoms with E-state index in [-0.39, 0.29) is 18.3 Å². The number of nitrogen functional groups attached to an aromatic ring is 1. The average Bonchev–Trinajstić information content (AvgIpc) is 2.65. The third-order valence-corrected chi connectivity index (χ3v) is 2.37. The smallest absolute Gasteiger partial charge is 0.249 e. The van der Waals surface area contributed by atoms with Gasteiger partial charge in [-0.25, -0.2) is 9.97 Å². The molecule has 0 bridgehead atoms. The highest BCUT2D eigenvalue weighted by Gasteiger charge is 2.08. The Labute approximate surface area is 94.8 Å². The normalized spacial score (nSPS) is 10.0. The van der Waals surface area contributed by atoms with Crippen LogP contribution >= 0.6 is 11.3 Å². The SMILES string of the molecule is Nc1nc(CC(=O)Nc2nccnn2)cs1. The molecule has 1 amide bonds. The van der Waals surface area contributed by atoms with Crippen LogP contribution < -0.4 is 11.1 Å². The van der Waals surface area contributed by atoms with E-state index in [0.717, 1.165) is 0 Å². The molecule has 2 aromatic heterocycles. The van der Waals surface area contributed by atoms with Crippen LogP contribution in [0.1, 0.15) is 5.69 Å². The summed E-state index contributed by atoms with van der Waals surface area (Å²) in [6.07, 6.45) is 3.02. The summed E-state index contributed by atoms with van der Waals surface area (Å²) in [5, 5.41) is 11.9. The number of aromatic nitrogens is 4. The van der Waals surface area contributed by atoms with Crippen LogP contribution in [0.4, 0.5) is 11.1 Å². The molecule has 82 valence electrons. The molecule has 8 heteroatoms. The first-order chi connectivity index (χ1) is 7.74. The molecule has 0 aliphatic heterocycles. The second-order valence-corrected chi connectivity index (χ2v) is 3.76. The standard InChI is InChI=1S/C8H8N6OS/c9-7-12-5(4-16-7)3-6(15)13-8-10-1-2-11-14-8/h1-2,4H,3H2,(H2,9,12)(H,10,13,14,15). The van der Waals surface area contributed by atoms with Crippen LogP contribution in [0.3, 0.4) is 0 Å². The molecule has 0 aliphatic rings. The Bertz CT molecular complexity index is 484. The molecular weight excluding hydrogens is 228 g/mol. The quantitative estimate of drug-likeness (QED) is 0.782. The van der Waals surface area contributed by atoms with Crippen LogP contribution in [0.25, 0.3) is 0 Å². The highest BCUT2D eigenvalue weighted by atomic mass is 32.1. The van der Waals surface area contributed by atoms with Crippen LogP contribution in [-0.4, -0.2) is 26.1 Å². The number of carbonyl (C=O) groups excluding carboxylic acids is 1. The number of hydrogen-bond acceptors (Lipinski definition) is 7. The lowest BCUT2D eigenvalue weighted by molar-refractivity contribution is -0.115. The van der Waals surface area contributed by atoms with Gasteiger partial charge >= 0.3 is 0 Å². The summed E-state index contributed by atoms with van der Waals surface area (Å²) in [5.41, 5.74) is 6.08. The van der Waals surface area contributed by atoms with Crippen LogP contribution in [0.2, 0.25) is 0 Å². The molecule has 0 spiro atoms. The van der Waals surface area contributed by atoms with Crippen molar-refractivity contribution in [2.45, 2.75) is 6.42 Å². The van der Waals surface area contributed by atoms with Crippen molar-refractivity contribution in [2.75, 3.05) is 11.1 Å². The first-order valence-corrected chi connectivity index (χ1v) is 5.25. The molecule has 0 atom stereocenters. The molecule has 0 radical (unpaired) electrons. The molecule has 2 aromatic rings. The Morgan fingerprint density at radius 2 is 2.38 bits per heavy atom.